The summed E-state index contributed by atoms with van der Waals surface area (Å²) >= 11 is 5.89. The molecule has 0 saturated carbocycles. The Morgan fingerprint density at radius 1 is 1.24 bits per heavy atom. The number of carbonyl (C=O) groups excluding carboxylic acids is 2. The van der Waals surface area contributed by atoms with E-state index in [2.05, 4.69) is 5.32 Å². The van der Waals surface area contributed by atoms with Crippen molar-refractivity contribution >= 4 is 52.3 Å². The highest BCUT2D eigenvalue weighted by Crippen LogP contribution is 2.32. The van der Waals surface area contributed by atoms with Crippen LogP contribution in [-0.2, 0) is 22.1 Å². The number of benzene rings is 2. The van der Waals surface area contributed by atoms with Gasteiger partial charge in [0, 0.05) is 18.0 Å². The molecule has 186 valence electrons. The number of halogens is 6. The minimum atomic E-state index is -4.37. The molecule has 34 heavy (non-hydrogen) atoms. The number of fused-ring (bicyclic) bond motifs is 1. The van der Waals surface area contributed by atoms with E-state index in [0.29, 0.717) is 10.6 Å². The van der Waals surface area contributed by atoms with E-state index in [4.69, 9.17) is 17.3 Å². The Bertz CT molecular complexity index is 1080. The van der Waals surface area contributed by atoms with E-state index in [0.717, 1.165) is 12.1 Å². The molecule has 2 amide bonds. The molecule has 6 nitrogen and oxygen atoms in total. The summed E-state index contributed by atoms with van der Waals surface area (Å²) in [6.07, 6.45) is -5.84. The Kier molecular flexibility index (Phi) is 9.46. The molecule has 0 spiro atoms. The summed E-state index contributed by atoms with van der Waals surface area (Å²) in [6.45, 7) is -0.328. The summed E-state index contributed by atoms with van der Waals surface area (Å²) in [4.78, 5) is 26.6. The van der Waals surface area contributed by atoms with Gasteiger partial charge in [-0.25, -0.2) is 4.39 Å². The van der Waals surface area contributed by atoms with Crippen LogP contribution < -0.4 is 16.0 Å². The van der Waals surface area contributed by atoms with Gasteiger partial charge in [-0.1, -0.05) is 23.7 Å². The van der Waals surface area contributed by atoms with Crippen LogP contribution in [0.15, 0.2) is 41.3 Å². The molecule has 0 fully saturated rings. The summed E-state index contributed by atoms with van der Waals surface area (Å²) in [6, 6.07) is 7.42. The van der Waals surface area contributed by atoms with E-state index in [1.54, 1.807) is 24.3 Å². The van der Waals surface area contributed by atoms with Crippen molar-refractivity contribution < 1.29 is 31.4 Å². The number of amides is 2. The maximum atomic E-state index is 14.7. The van der Waals surface area contributed by atoms with Crippen molar-refractivity contribution in [2.45, 2.75) is 36.5 Å². The van der Waals surface area contributed by atoms with Gasteiger partial charge in [-0.2, -0.15) is 13.2 Å². The lowest BCUT2D eigenvalue weighted by Gasteiger charge is -2.25. The fourth-order valence-corrected chi connectivity index (χ4v) is 4.69. The average molecular weight is 542 g/mol. The van der Waals surface area contributed by atoms with Crippen molar-refractivity contribution in [2.75, 3.05) is 17.2 Å². The van der Waals surface area contributed by atoms with E-state index in [1.807, 2.05) is 0 Å². The molecule has 2 aromatic carbocycles. The smallest absolute Gasteiger partial charge is 0.352 e. The Hall–Kier alpha value is -2.21. The van der Waals surface area contributed by atoms with E-state index < -0.39 is 52.6 Å². The van der Waals surface area contributed by atoms with Crippen molar-refractivity contribution in [1.29, 1.82) is 0 Å². The van der Waals surface area contributed by atoms with Gasteiger partial charge in [0.25, 0.3) is 5.91 Å². The van der Waals surface area contributed by atoms with E-state index >= 15 is 0 Å². The first kappa shape index (κ1) is 28.0. The van der Waals surface area contributed by atoms with Gasteiger partial charge in [-0.05, 0) is 36.2 Å². The molecule has 2 aromatic rings. The first-order chi connectivity index (χ1) is 15.5. The number of nitrogens with two attached hydrogens (primary N) is 1. The number of nitrogens with zero attached hydrogens (tertiary/aromatic N) is 1. The molecule has 0 aromatic heterocycles. The van der Waals surface area contributed by atoms with Crippen molar-refractivity contribution in [3.05, 3.63) is 58.4 Å². The van der Waals surface area contributed by atoms with Crippen LogP contribution in [0.4, 0.5) is 23.2 Å². The molecule has 3 rings (SSSR count). The van der Waals surface area contributed by atoms with Crippen LogP contribution in [0.2, 0.25) is 5.02 Å². The normalized spacial score (nSPS) is 18.1. The topological polar surface area (TPSA) is 92.5 Å². The third kappa shape index (κ3) is 6.91. The molecular weight excluding hydrogens is 521 g/mol. The summed E-state index contributed by atoms with van der Waals surface area (Å²) < 4.78 is 64.3. The zero-order valence-electron chi connectivity index (χ0n) is 17.5. The number of rotatable bonds is 6. The van der Waals surface area contributed by atoms with Crippen molar-refractivity contribution in [3.8, 4) is 0 Å². The Balaban J connectivity index is 0.00000408. The number of alkyl halides is 3. The third-order valence-electron chi connectivity index (χ3n) is 4.92. The summed E-state index contributed by atoms with van der Waals surface area (Å²) in [7, 11) is -1.82. The number of anilines is 1. The van der Waals surface area contributed by atoms with Gasteiger partial charge in [0.05, 0.1) is 45.3 Å². The zero-order chi connectivity index (χ0) is 24.3. The highest BCUT2D eigenvalue weighted by molar-refractivity contribution is 7.85. The summed E-state index contributed by atoms with van der Waals surface area (Å²) in [5.41, 5.74) is 6.11. The number of hydrogen-bond acceptors (Lipinski definition) is 4. The number of hydrogen-bond donors (Lipinski definition) is 2. The number of carbonyl (C=O) groups is 2. The van der Waals surface area contributed by atoms with Crippen LogP contribution in [0.1, 0.15) is 28.8 Å². The molecule has 13 heteroatoms. The fourth-order valence-electron chi connectivity index (χ4n) is 3.28. The van der Waals surface area contributed by atoms with Gasteiger partial charge in [-0.3, -0.25) is 13.8 Å². The molecule has 0 aliphatic carbocycles. The third-order valence-corrected chi connectivity index (χ3v) is 6.65. The monoisotopic (exact) mass is 541 g/mol. The van der Waals surface area contributed by atoms with Crippen molar-refractivity contribution in [3.63, 3.8) is 0 Å². The average Bonchev–Trinajstić information content (AvgIpc) is 2.82. The maximum Gasteiger partial charge on any atom is 0.389 e. The van der Waals surface area contributed by atoms with Gasteiger partial charge in [0.15, 0.2) is 0 Å². The molecule has 0 radical (unpaired) electrons. The second-order valence-corrected chi connectivity index (χ2v) is 9.34. The molecule has 3 N–H and O–H groups in total. The molecule has 1 aliphatic heterocycles. The lowest BCUT2D eigenvalue weighted by Crippen LogP contribution is -2.44. The van der Waals surface area contributed by atoms with Crippen LogP contribution in [0.3, 0.4) is 0 Å². The predicted molar refractivity (Wildman–Crippen MR) is 123 cm³/mol. The molecule has 2 atom stereocenters. The summed E-state index contributed by atoms with van der Waals surface area (Å²) in [5, 5.41) is 2.72. The van der Waals surface area contributed by atoms with Gasteiger partial charge in [0.2, 0.25) is 5.91 Å². The van der Waals surface area contributed by atoms with Gasteiger partial charge in [0.1, 0.15) is 5.82 Å². The summed E-state index contributed by atoms with van der Waals surface area (Å²) in [5.74, 6) is -2.76. The van der Waals surface area contributed by atoms with Crippen LogP contribution in [0.25, 0.3) is 0 Å². The highest BCUT2D eigenvalue weighted by atomic mass is 35.5. The van der Waals surface area contributed by atoms with Crippen molar-refractivity contribution in [1.82, 2.24) is 5.32 Å². The lowest BCUT2D eigenvalue weighted by atomic mass is 10.1. The largest absolute Gasteiger partial charge is 0.389 e. The van der Waals surface area contributed by atoms with Crippen LogP contribution in [-0.4, -0.2) is 40.5 Å². The van der Waals surface area contributed by atoms with Gasteiger partial charge in [-0.15, -0.1) is 12.4 Å². The zero-order valence-corrected chi connectivity index (χ0v) is 19.9. The van der Waals surface area contributed by atoms with Crippen LogP contribution in [0.5, 0.6) is 0 Å². The fraction of sp³-hybridized carbons (Fsp3) is 0.333. The Labute approximate surface area is 206 Å². The lowest BCUT2D eigenvalue weighted by molar-refractivity contribution is -0.135. The van der Waals surface area contributed by atoms with Gasteiger partial charge < -0.3 is 16.0 Å². The standard InChI is InChI=1S/C21H20ClF4N3O3S.ClH/c22-13-4-2-12(3-5-13)10-29-17-8-14(19(30)28-7-1-6-21(24,25)26)15(23)9-18(17)33(32)11-16(27)20(29)31;/h2-5,8-9,16H,1,6-7,10-11,27H2,(H,28,30);1H/t16-,33?;/m0./s1. The van der Waals surface area contributed by atoms with Crippen molar-refractivity contribution in [2.24, 2.45) is 5.73 Å². The van der Waals surface area contributed by atoms with Crippen LogP contribution >= 0.6 is 24.0 Å². The Morgan fingerprint density at radius 3 is 2.50 bits per heavy atom. The molecule has 0 saturated heterocycles. The van der Waals surface area contributed by atoms with Gasteiger partial charge >= 0.3 is 6.18 Å². The molecule has 1 heterocycles. The highest BCUT2D eigenvalue weighted by Gasteiger charge is 2.33. The molecule has 0 bridgehead atoms. The second kappa shape index (κ2) is 11.5. The Morgan fingerprint density at radius 2 is 1.88 bits per heavy atom. The molecular formula is C21H21Cl2F4N3O3S. The quantitative estimate of drug-likeness (QED) is 0.427. The molecule has 1 aliphatic rings. The first-order valence-electron chi connectivity index (χ1n) is 9.84. The predicted octanol–water partition coefficient (Wildman–Crippen LogP) is 3.95. The number of nitrogens with one attached hydrogen (secondary N) is 1. The minimum Gasteiger partial charge on any atom is -0.352 e. The van der Waals surface area contributed by atoms with Crippen LogP contribution in [0, 0.1) is 5.82 Å². The van der Waals surface area contributed by atoms with E-state index in [1.165, 1.54) is 4.90 Å². The SMILES string of the molecule is Cl.N[C@H]1CS(=O)c2cc(F)c(C(=O)NCCCC(F)(F)F)cc2N(Cc2ccc(Cl)cc2)C1=O. The molecule has 1 unspecified atom stereocenters. The van der Waals surface area contributed by atoms with E-state index in [9.17, 15) is 31.4 Å². The second-order valence-electron chi connectivity index (χ2n) is 7.44. The van der Waals surface area contributed by atoms with E-state index in [-0.39, 0.29) is 48.3 Å². The maximum absolute atomic E-state index is 14.7. The minimum absolute atomic E-state index is 0. The first-order valence-corrected chi connectivity index (χ1v) is 11.5.